The summed E-state index contributed by atoms with van der Waals surface area (Å²) in [5.74, 6) is 0.886. The zero-order valence-corrected chi connectivity index (χ0v) is 8.12. The highest BCUT2D eigenvalue weighted by molar-refractivity contribution is 14.1. The first-order chi connectivity index (χ1) is 5.27. The maximum atomic E-state index is 5.02. The highest BCUT2D eigenvalue weighted by Gasteiger charge is 2.02. The molecule has 2 aromatic rings. The monoisotopic (exact) mass is 259 g/mol. The second kappa shape index (κ2) is 2.48. The summed E-state index contributed by atoms with van der Waals surface area (Å²) in [4.78, 5) is 0. The molecule has 0 aliphatic carbocycles. The van der Waals surface area contributed by atoms with Crippen LogP contribution in [0.25, 0.3) is 10.9 Å². The zero-order valence-electron chi connectivity index (χ0n) is 5.97. The molecule has 0 aliphatic heterocycles. The minimum Gasteiger partial charge on any atom is -0.360 e. The molecule has 0 bridgehead atoms. The zero-order chi connectivity index (χ0) is 7.84. The molecule has 0 unspecified atom stereocenters. The summed E-state index contributed by atoms with van der Waals surface area (Å²) in [5, 5.41) is 5.00. The van der Waals surface area contributed by atoms with Crippen LogP contribution in [0.2, 0.25) is 0 Å². The molecular weight excluding hydrogens is 253 g/mol. The Balaban J connectivity index is 2.86. The topological polar surface area (TPSA) is 26.0 Å². The van der Waals surface area contributed by atoms with Gasteiger partial charge in [0.1, 0.15) is 11.3 Å². The molecule has 0 saturated carbocycles. The van der Waals surface area contributed by atoms with Gasteiger partial charge >= 0.3 is 0 Å². The van der Waals surface area contributed by atoms with E-state index in [4.69, 9.17) is 4.52 Å². The van der Waals surface area contributed by atoms with Crippen LogP contribution in [0.3, 0.4) is 0 Å². The van der Waals surface area contributed by atoms with E-state index < -0.39 is 0 Å². The Kier molecular flexibility index (Phi) is 1.60. The van der Waals surface area contributed by atoms with Crippen LogP contribution < -0.4 is 0 Å². The first kappa shape index (κ1) is 7.09. The molecule has 3 heteroatoms. The first-order valence-corrected chi connectivity index (χ1v) is 4.37. The van der Waals surface area contributed by atoms with Crippen LogP contribution in [0.4, 0.5) is 0 Å². The van der Waals surface area contributed by atoms with Crippen molar-refractivity contribution in [2.75, 3.05) is 0 Å². The number of rotatable bonds is 0. The summed E-state index contributed by atoms with van der Waals surface area (Å²) in [7, 11) is 0. The lowest BCUT2D eigenvalue weighted by molar-refractivity contribution is 0.405. The number of aromatic nitrogens is 1. The second-order valence-corrected chi connectivity index (χ2v) is 3.65. The van der Waals surface area contributed by atoms with Crippen molar-refractivity contribution in [3.8, 4) is 0 Å². The number of benzene rings is 1. The molecule has 56 valence electrons. The van der Waals surface area contributed by atoms with E-state index in [1.165, 1.54) is 3.57 Å². The summed E-state index contributed by atoms with van der Waals surface area (Å²) >= 11 is 2.26. The summed E-state index contributed by atoms with van der Waals surface area (Å²) < 4.78 is 6.20. The molecule has 1 heterocycles. The van der Waals surface area contributed by atoms with Crippen molar-refractivity contribution in [3.63, 3.8) is 0 Å². The second-order valence-electron chi connectivity index (χ2n) is 2.40. The minimum absolute atomic E-state index is 0.886. The van der Waals surface area contributed by atoms with Crippen LogP contribution in [-0.2, 0) is 0 Å². The molecule has 0 amide bonds. The molecule has 0 saturated heterocycles. The molecule has 0 radical (unpaired) electrons. The highest BCUT2D eigenvalue weighted by atomic mass is 127. The van der Waals surface area contributed by atoms with Crippen LogP contribution in [0.5, 0.6) is 0 Å². The van der Waals surface area contributed by atoms with E-state index in [0.717, 1.165) is 16.7 Å². The number of fused-ring (bicyclic) bond motifs is 1. The summed E-state index contributed by atoms with van der Waals surface area (Å²) in [6.45, 7) is 1.92. The highest BCUT2D eigenvalue weighted by Crippen LogP contribution is 2.19. The van der Waals surface area contributed by atoms with Crippen LogP contribution in [0.15, 0.2) is 22.7 Å². The summed E-state index contributed by atoms with van der Waals surface area (Å²) in [6.07, 6.45) is 0. The SMILES string of the molecule is Cc1onc2cc(I)ccc12. The fourth-order valence-electron chi connectivity index (χ4n) is 1.04. The molecule has 11 heavy (non-hydrogen) atoms. The van der Waals surface area contributed by atoms with Gasteiger partial charge in [0.25, 0.3) is 0 Å². The van der Waals surface area contributed by atoms with E-state index >= 15 is 0 Å². The van der Waals surface area contributed by atoms with Gasteiger partial charge in [-0.3, -0.25) is 0 Å². The van der Waals surface area contributed by atoms with Gasteiger partial charge in [-0.2, -0.15) is 0 Å². The Morgan fingerprint density at radius 1 is 1.45 bits per heavy atom. The summed E-state index contributed by atoms with van der Waals surface area (Å²) in [5.41, 5.74) is 0.939. The van der Waals surface area contributed by atoms with Crippen molar-refractivity contribution in [2.24, 2.45) is 0 Å². The average molecular weight is 259 g/mol. The Morgan fingerprint density at radius 3 is 3.09 bits per heavy atom. The average Bonchev–Trinajstić information content (AvgIpc) is 2.32. The van der Waals surface area contributed by atoms with E-state index in [1.54, 1.807) is 0 Å². The molecule has 2 rings (SSSR count). The summed E-state index contributed by atoms with van der Waals surface area (Å²) in [6, 6.07) is 6.09. The van der Waals surface area contributed by atoms with E-state index in [2.05, 4.69) is 27.7 Å². The number of hydrogen-bond acceptors (Lipinski definition) is 2. The number of aryl methyl sites for hydroxylation is 1. The van der Waals surface area contributed by atoms with E-state index in [-0.39, 0.29) is 0 Å². The number of halogens is 1. The van der Waals surface area contributed by atoms with E-state index in [0.29, 0.717) is 0 Å². The van der Waals surface area contributed by atoms with E-state index in [9.17, 15) is 0 Å². The van der Waals surface area contributed by atoms with Gasteiger partial charge in [0.05, 0.1) is 0 Å². The maximum Gasteiger partial charge on any atom is 0.141 e. The van der Waals surface area contributed by atoms with Crippen LogP contribution in [-0.4, -0.2) is 5.16 Å². The lowest BCUT2D eigenvalue weighted by Crippen LogP contribution is -1.71. The molecule has 0 N–H and O–H groups in total. The Hall–Kier alpha value is -0.580. The molecule has 0 atom stereocenters. The first-order valence-electron chi connectivity index (χ1n) is 3.29. The predicted molar refractivity (Wildman–Crippen MR) is 51.5 cm³/mol. The molecule has 0 fully saturated rings. The third-order valence-corrected chi connectivity index (χ3v) is 2.29. The minimum atomic E-state index is 0.886. The van der Waals surface area contributed by atoms with Crippen LogP contribution in [0, 0.1) is 10.5 Å². The van der Waals surface area contributed by atoms with Gasteiger partial charge in [-0.25, -0.2) is 0 Å². The van der Waals surface area contributed by atoms with Gasteiger partial charge in [-0.1, -0.05) is 5.16 Å². The van der Waals surface area contributed by atoms with Crippen LogP contribution in [0.1, 0.15) is 5.76 Å². The Morgan fingerprint density at radius 2 is 2.27 bits per heavy atom. The number of hydrogen-bond donors (Lipinski definition) is 0. The van der Waals surface area contributed by atoms with Gasteiger partial charge in [-0.05, 0) is 47.7 Å². The van der Waals surface area contributed by atoms with Gasteiger partial charge in [-0.15, -0.1) is 0 Å². The van der Waals surface area contributed by atoms with Gasteiger partial charge < -0.3 is 4.52 Å². The lowest BCUT2D eigenvalue weighted by atomic mass is 10.2. The standard InChI is InChI=1S/C8H6INO/c1-5-7-3-2-6(9)4-8(7)10-11-5/h2-4H,1H3. The van der Waals surface area contributed by atoms with Crippen molar-refractivity contribution >= 4 is 33.5 Å². The number of nitrogens with zero attached hydrogens (tertiary/aromatic N) is 1. The quantitative estimate of drug-likeness (QED) is 0.680. The molecule has 2 nitrogen and oxygen atoms in total. The van der Waals surface area contributed by atoms with Crippen molar-refractivity contribution in [1.29, 1.82) is 0 Å². The molecule has 0 aliphatic rings. The smallest absolute Gasteiger partial charge is 0.141 e. The van der Waals surface area contributed by atoms with Gasteiger partial charge in [0.2, 0.25) is 0 Å². The normalized spacial score (nSPS) is 10.7. The third kappa shape index (κ3) is 1.13. The molecular formula is C8H6INO. The molecule has 0 spiro atoms. The van der Waals surface area contributed by atoms with E-state index in [1.807, 2.05) is 25.1 Å². The Labute approximate surface area is 77.7 Å². The lowest BCUT2D eigenvalue weighted by Gasteiger charge is -1.87. The van der Waals surface area contributed by atoms with Gasteiger partial charge in [0.15, 0.2) is 0 Å². The van der Waals surface area contributed by atoms with Crippen LogP contribution >= 0.6 is 22.6 Å². The van der Waals surface area contributed by atoms with Crippen molar-refractivity contribution in [3.05, 3.63) is 27.5 Å². The molecule has 1 aromatic carbocycles. The Bertz CT molecular complexity index is 394. The molecule has 1 aromatic heterocycles. The fraction of sp³-hybridized carbons (Fsp3) is 0.125. The fourth-order valence-corrected chi connectivity index (χ4v) is 1.52. The predicted octanol–water partition coefficient (Wildman–Crippen LogP) is 2.74. The third-order valence-electron chi connectivity index (χ3n) is 1.62. The van der Waals surface area contributed by atoms with Crippen molar-refractivity contribution in [2.45, 2.75) is 6.92 Å². The largest absolute Gasteiger partial charge is 0.360 e. The van der Waals surface area contributed by atoms with Gasteiger partial charge in [0, 0.05) is 8.96 Å². The van der Waals surface area contributed by atoms with Crippen molar-refractivity contribution < 1.29 is 4.52 Å². The maximum absolute atomic E-state index is 5.02. The van der Waals surface area contributed by atoms with Crippen molar-refractivity contribution in [1.82, 2.24) is 5.16 Å².